The third kappa shape index (κ3) is 4.37. The molecule has 0 radical (unpaired) electrons. The lowest BCUT2D eigenvalue weighted by atomic mass is 10.1. The van der Waals surface area contributed by atoms with E-state index < -0.39 is 0 Å². The van der Waals surface area contributed by atoms with Gasteiger partial charge in [-0.3, -0.25) is 24.2 Å². The number of likely N-dealkylation sites (tertiary alicyclic amines) is 1. The first-order valence-corrected chi connectivity index (χ1v) is 11.7. The van der Waals surface area contributed by atoms with Crippen molar-refractivity contribution in [3.05, 3.63) is 107 Å². The number of carbonyl (C=O) groups is 3. The van der Waals surface area contributed by atoms with E-state index in [0.29, 0.717) is 23.2 Å². The fraction of sp³-hybridized carbons (Fsp3) is 0.250. The van der Waals surface area contributed by atoms with E-state index in [-0.39, 0.29) is 30.3 Å². The van der Waals surface area contributed by atoms with Gasteiger partial charge in [0.25, 0.3) is 17.7 Å². The molecule has 34 heavy (non-hydrogen) atoms. The van der Waals surface area contributed by atoms with Gasteiger partial charge in [-0.2, -0.15) is 0 Å². The second-order valence-corrected chi connectivity index (χ2v) is 8.82. The van der Waals surface area contributed by atoms with Crippen molar-refractivity contribution in [1.82, 2.24) is 15.1 Å². The molecule has 5 rings (SSSR count). The molecule has 0 spiro atoms. The maximum Gasteiger partial charge on any atom is 0.261 e. The number of fused-ring (bicyclic) bond motifs is 1. The Morgan fingerprint density at radius 1 is 0.794 bits per heavy atom. The molecule has 6 heteroatoms. The molecule has 0 aliphatic carbocycles. The molecule has 0 saturated carbocycles. The van der Waals surface area contributed by atoms with Crippen molar-refractivity contribution in [3.8, 4) is 0 Å². The summed E-state index contributed by atoms with van der Waals surface area (Å²) in [6.45, 7) is 2.81. The summed E-state index contributed by atoms with van der Waals surface area (Å²) in [5.74, 6) is -0.694. The second-order valence-electron chi connectivity index (χ2n) is 8.82. The van der Waals surface area contributed by atoms with Crippen LogP contribution in [0.25, 0.3) is 0 Å². The van der Waals surface area contributed by atoms with E-state index in [1.807, 2.05) is 18.2 Å². The number of rotatable bonds is 7. The average molecular weight is 454 g/mol. The lowest BCUT2D eigenvalue weighted by Crippen LogP contribution is -2.36. The van der Waals surface area contributed by atoms with Gasteiger partial charge in [0.2, 0.25) is 0 Å². The summed E-state index contributed by atoms with van der Waals surface area (Å²) < 4.78 is 0. The Labute approximate surface area is 199 Å². The van der Waals surface area contributed by atoms with Crippen LogP contribution < -0.4 is 5.32 Å². The van der Waals surface area contributed by atoms with E-state index in [2.05, 4.69) is 22.3 Å². The Morgan fingerprint density at radius 3 is 2.00 bits per heavy atom. The van der Waals surface area contributed by atoms with Crippen molar-refractivity contribution < 1.29 is 14.4 Å². The van der Waals surface area contributed by atoms with Crippen LogP contribution in [0.2, 0.25) is 0 Å². The largest absolute Gasteiger partial charge is 0.350 e. The number of carbonyl (C=O) groups excluding carboxylic acids is 3. The predicted octanol–water partition coefficient (Wildman–Crippen LogP) is 4.05. The normalized spacial score (nSPS) is 16.5. The van der Waals surface area contributed by atoms with Crippen molar-refractivity contribution in [2.75, 3.05) is 19.6 Å². The highest BCUT2D eigenvalue weighted by Crippen LogP contribution is 2.25. The van der Waals surface area contributed by atoms with Crippen molar-refractivity contribution in [1.29, 1.82) is 0 Å². The summed E-state index contributed by atoms with van der Waals surface area (Å²) in [4.78, 5) is 41.7. The molecule has 6 nitrogen and oxygen atoms in total. The van der Waals surface area contributed by atoms with E-state index >= 15 is 0 Å². The molecule has 1 fully saturated rings. The number of hydrogen-bond acceptors (Lipinski definition) is 4. The molecular weight excluding hydrogens is 426 g/mol. The van der Waals surface area contributed by atoms with Crippen LogP contribution >= 0.6 is 0 Å². The number of imide groups is 1. The van der Waals surface area contributed by atoms with Crippen molar-refractivity contribution in [2.24, 2.45) is 0 Å². The van der Waals surface area contributed by atoms with Crippen molar-refractivity contribution in [3.63, 3.8) is 0 Å². The van der Waals surface area contributed by atoms with E-state index in [9.17, 15) is 14.4 Å². The zero-order valence-electron chi connectivity index (χ0n) is 18.9. The number of benzene rings is 3. The first-order valence-electron chi connectivity index (χ1n) is 11.7. The summed E-state index contributed by atoms with van der Waals surface area (Å²) in [6.07, 6.45) is 2.37. The molecule has 0 bridgehead atoms. The molecule has 172 valence electrons. The Balaban J connectivity index is 1.23. The van der Waals surface area contributed by atoms with E-state index in [1.165, 1.54) is 23.3 Å². The Morgan fingerprint density at radius 2 is 1.38 bits per heavy atom. The number of nitrogens with one attached hydrogen (secondary N) is 1. The molecule has 3 aromatic carbocycles. The number of hydrogen-bond donors (Lipinski definition) is 1. The zero-order chi connectivity index (χ0) is 23.5. The second kappa shape index (κ2) is 9.61. The van der Waals surface area contributed by atoms with Gasteiger partial charge in [-0.1, -0.05) is 54.6 Å². The first kappa shape index (κ1) is 22.0. The minimum absolute atomic E-state index is 0.132. The summed E-state index contributed by atoms with van der Waals surface area (Å²) in [5.41, 5.74) is 3.44. The third-order valence-electron chi connectivity index (χ3n) is 6.66. The maximum absolute atomic E-state index is 12.9. The number of nitrogens with zero attached hydrogens (tertiary/aromatic N) is 2. The van der Waals surface area contributed by atoms with E-state index in [1.54, 1.807) is 48.5 Å². The van der Waals surface area contributed by atoms with Gasteiger partial charge in [0.05, 0.1) is 23.7 Å². The van der Waals surface area contributed by atoms with Gasteiger partial charge in [-0.25, -0.2) is 0 Å². The highest BCUT2D eigenvalue weighted by atomic mass is 16.2. The smallest absolute Gasteiger partial charge is 0.261 e. The van der Waals surface area contributed by atoms with E-state index in [0.717, 1.165) is 18.7 Å². The SMILES string of the molecule is O=C(NCC(c1ccccc1)N1CCCC1)c1ccc(CN2C(=O)c3ccccc3C2=O)cc1. The summed E-state index contributed by atoms with van der Waals surface area (Å²) in [5, 5.41) is 3.09. The van der Waals surface area contributed by atoms with Crippen LogP contribution in [0.3, 0.4) is 0 Å². The Kier molecular flexibility index (Phi) is 6.23. The zero-order valence-corrected chi connectivity index (χ0v) is 18.9. The van der Waals surface area contributed by atoms with Crippen molar-refractivity contribution in [2.45, 2.75) is 25.4 Å². The molecule has 1 atom stereocenters. The van der Waals surface area contributed by atoms with Crippen LogP contribution in [0.15, 0.2) is 78.9 Å². The van der Waals surface area contributed by atoms with Gasteiger partial charge in [-0.05, 0) is 61.3 Å². The minimum Gasteiger partial charge on any atom is -0.350 e. The fourth-order valence-corrected chi connectivity index (χ4v) is 4.80. The summed E-state index contributed by atoms with van der Waals surface area (Å²) in [6, 6.07) is 24.4. The Bertz CT molecular complexity index is 1170. The molecule has 2 aliphatic heterocycles. The monoisotopic (exact) mass is 453 g/mol. The van der Waals surface area contributed by atoms with Gasteiger partial charge in [0.1, 0.15) is 0 Å². The van der Waals surface area contributed by atoms with Crippen LogP contribution in [-0.4, -0.2) is 47.2 Å². The van der Waals surface area contributed by atoms with E-state index in [4.69, 9.17) is 0 Å². The molecule has 1 unspecified atom stereocenters. The van der Waals surface area contributed by atoms with Crippen LogP contribution in [0, 0.1) is 0 Å². The molecular formula is C28H27N3O3. The average Bonchev–Trinajstić information content (AvgIpc) is 3.49. The molecule has 3 aromatic rings. The van der Waals surface area contributed by atoms with Gasteiger partial charge in [0, 0.05) is 12.1 Å². The standard InChI is InChI=1S/C28H27N3O3/c32-26(29-18-25(30-16-6-7-17-30)21-8-2-1-3-9-21)22-14-12-20(13-15-22)19-31-27(33)23-10-4-5-11-24(23)28(31)34/h1-5,8-15,25H,6-7,16-19H2,(H,29,32). The fourth-order valence-electron chi connectivity index (χ4n) is 4.80. The first-order chi connectivity index (χ1) is 16.6. The molecule has 2 aliphatic rings. The third-order valence-corrected chi connectivity index (χ3v) is 6.66. The van der Waals surface area contributed by atoms with Crippen LogP contribution in [0.4, 0.5) is 0 Å². The van der Waals surface area contributed by atoms with Gasteiger partial charge in [0.15, 0.2) is 0 Å². The van der Waals surface area contributed by atoms with Crippen LogP contribution in [-0.2, 0) is 6.54 Å². The van der Waals surface area contributed by atoms with Crippen molar-refractivity contribution >= 4 is 17.7 Å². The minimum atomic E-state index is -0.281. The highest BCUT2D eigenvalue weighted by molar-refractivity contribution is 6.21. The lowest BCUT2D eigenvalue weighted by molar-refractivity contribution is 0.0641. The quantitative estimate of drug-likeness (QED) is 0.548. The summed E-state index contributed by atoms with van der Waals surface area (Å²) in [7, 11) is 0. The van der Waals surface area contributed by atoms with Crippen LogP contribution in [0.1, 0.15) is 61.1 Å². The lowest BCUT2D eigenvalue weighted by Gasteiger charge is -2.28. The molecule has 1 N–H and O–H groups in total. The highest BCUT2D eigenvalue weighted by Gasteiger charge is 2.35. The predicted molar refractivity (Wildman–Crippen MR) is 129 cm³/mol. The molecule has 2 heterocycles. The summed E-state index contributed by atoms with van der Waals surface area (Å²) >= 11 is 0. The van der Waals surface area contributed by atoms with Gasteiger partial charge < -0.3 is 5.32 Å². The molecule has 1 saturated heterocycles. The topological polar surface area (TPSA) is 69.7 Å². The van der Waals surface area contributed by atoms with Gasteiger partial charge >= 0.3 is 0 Å². The maximum atomic E-state index is 12.9. The van der Waals surface area contributed by atoms with Gasteiger partial charge in [-0.15, -0.1) is 0 Å². The molecule has 0 aromatic heterocycles. The molecule has 3 amide bonds. The number of amides is 3. The van der Waals surface area contributed by atoms with Crippen LogP contribution in [0.5, 0.6) is 0 Å². The Hall–Kier alpha value is -3.77.